The van der Waals surface area contributed by atoms with Crippen LogP contribution >= 0.6 is 0 Å². The molecule has 1 aliphatic heterocycles. The lowest BCUT2D eigenvalue weighted by atomic mass is 9.70. The van der Waals surface area contributed by atoms with Crippen LogP contribution in [0.2, 0.25) is 0 Å². The summed E-state index contributed by atoms with van der Waals surface area (Å²) in [6.07, 6.45) is 4.50. The van der Waals surface area contributed by atoms with Crippen molar-refractivity contribution in [3.63, 3.8) is 0 Å². The van der Waals surface area contributed by atoms with Crippen molar-refractivity contribution in [2.45, 2.75) is 84.8 Å². The predicted octanol–water partition coefficient (Wildman–Crippen LogP) is 4.15. The Morgan fingerprint density at radius 2 is 2.00 bits per heavy atom. The van der Waals surface area contributed by atoms with Gasteiger partial charge in [-0.1, -0.05) is 19.4 Å². The minimum atomic E-state index is -0.393. The molecule has 0 aromatic heterocycles. The lowest BCUT2D eigenvalue weighted by Gasteiger charge is -2.39. The van der Waals surface area contributed by atoms with Gasteiger partial charge in [-0.25, -0.2) is 9.78 Å². The van der Waals surface area contributed by atoms with Crippen LogP contribution in [0.1, 0.15) is 73.1 Å². The van der Waals surface area contributed by atoms with Gasteiger partial charge < -0.3 is 4.74 Å². The number of carbonyl (C=O) groups is 2. The molecule has 0 N–H and O–H groups in total. The number of hydrogen-bond acceptors (Lipinski definition) is 5. The van der Waals surface area contributed by atoms with Crippen LogP contribution in [0.25, 0.3) is 0 Å². The summed E-state index contributed by atoms with van der Waals surface area (Å²) < 4.78 is 4.78. The number of allylic oxidation sites excluding steroid dienone is 2. The van der Waals surface area contributed by atoms with E-state index < -0.39 is 5.60 Å². The molecule has 2 aliphatic rings. The van der Waals surface area contributed by atoms with Crippen molar-refractivity contribution in [3.8, 4) is 0 Å². The van der Waals surface area contributed by atoms with Gasteiger partial charge in [0.15, 0.2) is 5.78 Å². The first-order valence-corrected chi connectivity index (χ1v) is 9.25. The average molecular weight is 352 g/mol. The molecule has 0 spiro atoms. The van der Waals surface area contributed by atoms with Crippen molar-refractivity contribution < 1.29 is 24.1 Å². The van der Waals surface area contributed by atoms with E-state index in [0.717, 1.165) is 37.7 Å². The number of ketones is 1. The lowest BCUT2D eigenvalue weighted by Crippen LogP contribution is -2.42. The molecule has 0 aromatic carbocycles. The quantitative estimate of drug-likeness (QED) is 0.549. The van der Waals surface area contributed by atoms with Crippen LogP contribution < -0.4 is 0 Å². The molecule has 1 fully saturated rings. The van der Waals surface area contributed by atoms with Crippen LogP contribution in [0, 0.1) is 11.3 Å². The smallest absolute Gasteiger partial charge is 0.311 e. The van der Waals surface area contributed by atoms with Crippen LogP contribution in [0.3, 0.4) is 0 Å². The van der Waals surface area contributed by atoms with Crippen LogP contribution in [-0.4, -0.2) is 30.6 Å². The van der Waals surface area contributed by atoms with Gasteiger partial charge in [0.2, 0.25) is 0 Å². The molecule has 1 heterocycles. The minimum absolute atomic E-state index is 0.0613. The van der Waals surface area contributed by atoms with Crippen molar-refractivity contribution in [2.75, 3.05) is 7.11 Å². The molecule has 0 unspecified atom stereocenters. The van der Waals surface area contributed by atoms with Gasteiger partial charge in [0.25, 0.3) is 0 Å². The van der Waals surface area contributed by atoms with Gasteiger partial charge in [-0.15, -0.1) is 0 Å². The monoisotopic (exact) mass is 352 g/mol. The molecular weight excluding hydrogens is 320 g/mol. The molecule has 142 valence electrons. The van der Waals surface area contributed by atoms with Crippen molar-refractivity contribution in [3.05, 3.63) is 11.1 Å². The number of Topliss-reactive ketones (excluding diaryl/α,β-unsaturated/α-hetero) is 1. The number of esters is 1. The van der Waals surface area contributed by atoms with Gasteiger partial charge in [0, 0.05) is 6.42 Å². The Labute approximate surface area is 151 Å². The summed E-state index contributed by atoms with van der Waals surface area (Å²) in [7, 11) is 1.38. The molecular formula is C20H32O5. The molecule has 3 atom stereocenters. The molecule has 2 rings (SSSR count). The Morgan fingerprint density at radius 3 is 2.56 bits per heavy atom. The summed E-state index contributed by atoms with van der Waals surface area (Å²) in [5.41, 5.74) is 1.84. The second-order valence-corrected chi connectivity index (χ2v) is 8.43. The highest BCUT2D eigenvalue weighted by molar-refractivity contribution is 5.96. The van der Waals surface area contributed by atoms with E-state index in [1.165, 1.54) is 12.7 Å². The molecule has 5 heteroatoms. The topological polar surface area (TPSA) is 61.8 Å². The van der Waals surface area contributed by atoms with Gasteiger partial charge in [-0.2, -0.15) is 0 Å². The molecule has 1 saturated heterocycles. The summed E-state index contributed by atoms with van der Waals surface area (Å²) in [5.74, 6) is -0.345. The van der Waals surface area contributed by atoms with Crippen molar-refractivity contribution >= 4 is 11.8 Å². The zero-order valence-electron chi connectivity index (χ0n) is 16.4. The number of hydrogen-bond donors (Lipinski definition) is 0. The van der Waals surface area contributed by atoms with E-state index in [-0.39, 0.29) is 29.2 Å². The summed E-state index contributed by atoms with van der Waals surface area (Å²) in [6, 6.07) is 0. The maximum atomic E-state index is 12.1. The standard InChI is InChI=1S/C20H32O5/c1-13-15(19(3,4)10-8-16(13)21)7-11-20(5)12-9-17(24-25-20)14(2)18(22)23-6/h14,17H,7-12H2,1-6H3/t14-,17-,20-/m1/s1. The predicted molar refractivity (Wildman–Crippen MR) is 94.7 cm³/mol. The third kappa shape index (κ3) is 4.50. The zero-order chi connectivity index (χ0) is 18.8. The van der Waals surface area contributed by atoms with Gasteiger partial charge in [0.05, 0.1) is 13.0 Å². The Morgan fingerprint density at radius 1 is 1.32 bits per heavy atom. The van der Waals surface area contributed by atoms with Gasteiger partial charge >= 0.3 is 5.97 Å². The number of carbonyl (C=O) groups excluding carboxylic acids is 2. The van der Waals surface area contributed by atoms with Crippen LogP contribution in [0.4, 0.5) is 0 Å². The highest BCUT2D eigenvalue weighted by atomic mass is 17.2. The summed E-state index contributed by atoms with van der Waals surface area (Å²) in [6.45, 7) is 10.2. The van der Waals surface area contributed by atoms with Crippen LogP contribution in [0.5, 0.6) is 0 Å². The fraction of sp³-hybridized carbons (Fsp3) is 0.800. The van der Waals surface area contributed by atoms with E-state index in [1.54, 1.807) is 6.92 Å². The van der Waals surface area contributed by atoms with Crippen molar-refractivity contribution in [1.29, 1.82) is 0 Å². The number of rotatable bonds is 5. The van der Waals surface area contributed by atoms with Crippen LogP contribution in [-0.2, 0) is 24.1 Å². The fourth-order valence-electron chi connectivity index (χ4n) is 3.91. The Bertz CT molecular complexity index is 552. The first-order valence-electron chi connectivity index (χ1n) is 9.25. The van der Waals surface area contributed by atoms with E-state index in [4.69, 9.17) is 14.5 Å². The van der Waals surface area contributed by atoms with E-state index in [0.29, 0.717) is 6.42 Å². The van der Waals surface area contributed by atoms with Gasteiger partial charge in [-0.3, -0.25) is 9.59 Å². The SMILES string of the molecule is COC(=O)[C@H](C)[C@H]1CC[C@@](C)(CCC2=C(C)C(=O)CCC2(C)C)OO1. The second kappa shape index (κ2) is 7.58. The molecule has 0 saturated carbocycles. The number of ether oxygens (including phenoxy) is 1. The van der Waals surface area contributed by atoms with Crippen LogP contribution in [0.15, 0.2) is 11.1 Å². The van der Waals surface area contributed by atoms with E-state index >= 15 is 0 Å². The minimum Gasteiger partial charge on any atom is -0.469 e. The van der Waals surface area contributed by atoms with Crippen molar-refractivity contribution in [2.24, 2.45) is 11.3 Å². The Kier molecular flexibility index (Phi) is 6.10. The third-order valence-corrected chi connectivity index (χ3v) is 6.03. The first kappa shape index (κ1) is 20.1. The highest BCUT2D eigenvalue weighted by Crippen LogP contribution is 2.43. The molecule has 5 nitrogen and oxygen atoms in total. The average Bonchev–Trinajstić information content (AvgIpc) is 2.57. The Balaban J connectivity index is 1.97. The van der Waals surface area contributed by atoms with Gasteiger partial charge in [-0.05, 0) is 63.9 Å². The van der Waals surface area contributed by atoms with Gasteiger partial charge in [0.1, 0.15) is 11.7 Å². The van der Waals surface area contributed by atoms with E-state index in [2.05, 4.69) is 13.8 Å². The van der Waals surface area contributed by atoms with E-state index in [1.807, 2.05) is 13.8 Å². The summed E-state index contributed by atoms with van der Waals surface area (Å²) in [5, 5.41) is 0. The second-order valence-electron chi connectivity index (χ2n) is 8.43. The molecule has 0 radical (unpaired) electrons. The van der Waals surface area contributed by atoms with E-state index in [9.17, 15) is 9.59 Å². The Hall–Kier alpha value is -1.20. The lowest BCUT2D eigenvalue weighted by molar-refractivity contribution is -0.411. The zero-order valence-corrected chi connectivity index (χ0v) is 16.4. The molecule has 0 aromatic rings. The maximum absolute atomic E-state index is 12.1. The highest BCUT2D eigenvalue weighted by Gasteiger charge is 2.39. The molecule has 0 bridgehead atoms. The normalized spacial score (nSPS) is 31.0. The summed E-state index contributed by atoms with van der Waals surface area (Å²) >= 11 is 0. The number of methoxy groups -OCH3 is 1. The van der Waals surface area contributed by atoms with Crippen molar-refractivity contribution in [1.82, 2.24) is 0 Å². The largest absolute Gasteiger partial charge is 0.469 e. The summed E-state index contributed by atoms with van der Waals surface area (Å²) in [4.78, 5) is 35.0. The third-order valence-electron chi connectivity index (χ3n) is 6.03. The first-order chi connectivity index (χ1) is 11.6. The fourth-order valence-corrected chi connectivity index (χ4v) is 3.91. The maximum Gasteiger partial charge on any atom is 0.311 e. The molecule has 0 amide bonds. The molecule has 1 aliphatic carbocycles. The molecule has 25 heavy (non-hydrogen) atoms.